The lowest BCUT2D eigenvalue weighted by molar-refractivity contribution is -0.114. The Morgan fingerprint density at radius 3 is 2.95 bits per heavy atom. The van der Waals surface area contributed by atoms with Crippen LogP contribution in [-0.4, -0.2) is 37.0 Å². The van der Waals surface area contributed by atoms with Gasteiger partial charge in [-0.25, -0.2) is 4.39 Å². The molecule has 2 N–H and O–H groups in total. The number of amides is 1. The summed E-state index contributed by atoms with van der Waals surface area (Å²) in [5.74, 6) is -0.686. The summed E-state index contributed by atoms with van der Waals surface area (Å²) in [5.41, 5.74) is 1.05. The molecule has 1 amide bonds. The van der Waals surface area contributed by atoms with E-state index in [0.717, 1.165) is 18.8 Å². The van der Waals surface area contributed by atoms with E-state index in [0.29, 0.717) is 6.04 Å². The van der Waals surface area contributed by atoms with Crippen LogP contribution in [0.5, 0.6) is 0 Å². The maximum absolute atomic E-state index is 13.5. The maximum Gasteiger partial charge on any atom is 0.221 e. The van der Waals surface area contributed by atoms with Crippen LogP contribution in [-0.2, 0) is 4.79 Å². The van der Waals surface area contributed by atoms with Crippen molar-refractivity contribution in [3.8, 4) is 0 Å². The molecular weight excluding hydrogens is 257 g/mol. The number of halogens is 1. The monoisotopic (exact) mass is 279 g/mol. The molecule has 5 heteroatoms. The van der Waals surface area contributed by atoms with Gasteiger partial charge in [0.15, 0.2) is 0 Å². The maximum atomic E-state index is 13.5. The van der Waals surface area contributed by atoms with E-state index in [1.165, 1.54) is 32.3 Å². The van der Waals surface area contributed by atoms with Gasteiger partial charge in [0.05, 0.1) is 5.69 Å². The number of anilines is 2. The van der Waals surface area contributed by atoms with E-state index < -0.39 is 5.82 Å². The first-order chi connectivity index (χ1) is 9.56. The Bertz CT molecular complexity index is 478. The highest BCUT2D eigenvalue weighted by Crippen LogP contribution is 2.21. The third-order valence-electron chi connectivity index (χ3n) is 3.74. The van der Waals surface area contributed by atoms with Crippen LogP contribution >= 0.6 is 0 Å². The van der Waals surface area contributed by atoms with Crippen LogP contribution in [0.1, 0.15) is 26.2 Å². The van der Waals surface area contributed by atoms with E-state index in [4.69, 9.17) is 0 Å². The smallest absolute Gasteiger partial charge is 0.221 e. The van der Waals surface area contributed by atoms with E-state index in [2.05, 4.69) is 22.6 Å². The summed E-state index contributed by atoms with van der Waals surface area (Å²) in [5, 5.41) is 5.82. The van der Waals surface area contributed by atoms with E-state index in [-0.39, 0.29) is 11.6 Å². The zero-order valence-corrected chi connectivity index (χ0v) is 12.1. The predicted octanol–water partition coefficient (Wildman–Crippen LogP) is 2.68. The molecule has 0 radical (unpaired) electrons. The van der Waals surface area contributed by atoms with Crippen LogP contribution in [0.4, 0.5) is 15.8 Å². The number of hydrogen-bond donors (Lipinski definition) is 2. The van der Waals surface area contributed by atoms with Crippen LogP contribution < -0.4 is 10.6 Å². The molecule has 1 aromatic carbocycles. The lowest BCUT2D eigenvalue weighted by Crippen LogP contribution is -2.40. The third-order valence-corrected chi connectivity index (χ3v) is 3.74. The second kappa shape index (κ2) is 6.70. The highest BCUT2D eigenvalue weighted by atomic mass is 19.1. The standard InChI is InChI=1S/C15H22FN3O/c1-11(20)18-15-9-12(6-7-14(15)16)17-10-13-5-3-4-8-19(13)2/h6-7,9,13,17H,3-5,8,10H2,1-2H3,(H,18,20). The van der Waals surface area contributed by atoms with Gasteiger partial charge in [-0.05, 0) is 44.6 Å². The number of nitrogens with zero attached hydrogens (tertiary/aromatic N) is 1. The number of carbonyl (C=O) groups is 1. The summed E-state index contributed by atoms with van der Waals surface area (Å²) in [6.07, 6.45) is 3.71. The molecule has 1 aromatic rings. The van der Waals surface area contributed by atoms with Crippen molar-refractivity contribution in [2.75, 3.05) is 30.8 Å². The van der Waals surface area contributed by atoms with Crippen LogP contribution in [0.25, 0.3) is 0 Å². The van der Waals surface area contributed by atoms with Gasteiger partial charge in [0.25, 0.3) is 0 Å². The molecule has 20 heavy (non-hydrogen) atoms. The summed E-state index contributed by atoms with van der Waals surface area (Å²) in [6, 6.07) is 5.22. The Balaban J connectivity index is 1.97. The van der Waals surface area contributed by atoms with Crippen LogP contribution in [0.3, 0.4) is 0 Å². The molecule has 1 fully saturated rings. The van der Waals surface area contributed by atoms with Gasteiger partial charge in [0.2, 0.25) is 5.91 Å². The second-order valence-electron chi connectivity index (χ2n) is 5.39. The largest absolute Gasteiger partial charge is 0.383 e. The zero-order chi connectivity index (χ0) is 14.5. The minimum Gasteiger partial charge on any atom is -0.383 e. The van der Waals surface area contributed by atoms with E-state index in [1.54, 1.807) is 12.1 Å². The highest BCUT2D eigenvalue weighted by molar-refractivity contribution is 5.89. The van der Waals surface area contributed by atoms with Gasteiger partial charge in [-0.3, -0.25) is 4.79 Å². The molecular formula is C15H22FN3O. The average molecular weight is 279 g/mol. The first-order valence-corrected chi connectivity index (χ1v) is 7.07. The fourth-order valence-corrected chi connectivity index (χ4v) is 2.56. The number of likely N-dealkylation sites (tertiary alicyclic amines) is 1. The van der Waals surface area contributed by atoms with E-state index in [1.807, 2.05) is 0 Å². The van der Waals surface area contributed by atoms with Crippen molar-refractivity contribution in [1.82, 2.24) is 4.90 Å². The first-order valence-electron chi connectivity index (χ1n) is 7.07. The average Bonchev–Trinajstić information content (AvgIpc) is 2.40. The number of piperidine rings is 1. The van der Waals surface area contributed by atoms with Crippen molar-refractivity contribution in [2.24, 2.45) is 0 Å². The van der Waals surface area contributed by atoms with Crippen molar-refractivity contribution >= 4 is 17.3 Å². The van der Waals surface area contributed by atoms with Crippen molar-refractivity contribution in [3.63, 3.8) is 0 Å². The van der Waals surface area contributed by atoms with Crippen molar-refractivity contribution in [1.29, 1.82) is 0 Å². The minimum atomic E-state index is -0.416. The Kier molecular flexibility index (Phi) is 4.95. The van der Waals surface area contributed by atoms with Gasteiger partial charge in [0, 0.05) is 25.2 Å². The molecule has 0 aromatic heterocycles. The van der Waals surface area contributed by atoms with Gasteiger partial charge in [-0.2, -0.15) is 0 Å². The first kappa shape index (κ1) is 14.8. The Hall–Kier alpha value is -1.62. The number of benzene rings is 1. The van der Waals surface area contributed by atoms with Gasteiger partial charge in [0.1, 0.15) is 5.82 Å². The summed E-state index contributed by atoms with van der Waals surface area (Å²) in [7, 11) is 2.14. The van der Waals surface area contributed by atoms with Gasteiger partial charge in [-0.1, -0.05) is 6.42 Å². The molecule has 110 valence electrons. The molecule has 0 aliphatic carbocycles. The van der Waals surface area contributed by atoms with Gasteiger partial charge < -0.3 is 15.5 Å². The Morgan fingerprint density at radius 1 is 1.45 bits per heavy atom. The molecule has 1 aliphatic rings. The topological polar surface area (TPSA) is 44.4 Å². The lowest BCUT2D eigenvalue weighted by atomic mass is 10.0. The quantitative estimate of drug-likeness (QED) is 0.890. The molecule has 1 saturated heterocycles. The normalized spacial score (nSPS) is 19.6. The van der Waals surface area contributed by atoms with Crippen LogP contribution in [0.2, 0.25) is 0 Å². The summed E-state index contributed by atoms with van der Waals surface area (Å²) >= 11 is 0. The summed E-state index contributed by atoms with van der Waals surface area (Å²) < 4.78 is 13.5. The van der Waals surface area contributed by atoms with Crippen LogP contribution in [0, 0.1) is 5.82 Å². The molecule has 1 heterocycles. The Morgan fingerprint density at radius 2 is 2.25 bits per heavy atom. The summed E-state index contributed by atoms with van der Waals surface area (Å²) in [6.45, 7) is 3.34. The number of rotatable bonds is 4. The minimum absolute atomic E-state index is 0.222. The molecule has 0 spiro atoms. The number of carbonyl (C=O) groups excluding carboxylic acids is 1. The number of hydrogen-bond acceptors (Lipinski definition) is 3. The SMILES string of the molecule is CC(=O)Nc1cc(NCC2CCCCN2C)ccc1F. The molecule has 0 bridgehead atoms. The second-order valence-corrected chi connectivity index (χ2v) is 5.39. The summed E-state index contributed by atoms with van der Waals surface area (Å²) in [4.78, 5) is 13.4. The van der Waals surface area contributed by atoms with Gasteiger partial charge >= 0.3 is 0 Å². The molecule has 0 saturated carbocycles. The van der Waals surface area contributed by atoms with Crippen LogP contribution in [0.15, 0.2) is 18.2 Å². The fourth-order valence-electron chi connectivity index (χ4n) is 2.56. The molecule has 1 atom stereocenters. The molecule has 4 nitrogen and oxygen atoms in total. The van der Waals surface area contributed by atoms with Crippen molar-refractivity contribution in [2.45, 2.75) is 32.2 Å². The molecule has 1 aliphatic heterocycles. The molecule has 1 unspecified atom stereocenters. The zero-order valence-electron chi connectivity index (χ0n) is 12.1. The molecule has 2 rings (SSSR count). The van der Waals surface area contributed by atoms with Crippen molar-refractivity contribution in [3.05, 3.63) is 24.0 Å². The third kappa shape index (κ3) is 3.93. The number of nitrogens with one attached hydrogen (secondary N) is 2. The van der Waals surface area contributed by atoms with Gasteiger partial charge in [-0.15, -0.1) is 0 Å². The lowest BCUT2D eigenvalue weighted by Gasteiger charge is -2.32. The number of likely N-dealkylation sites (N-methyl/N-ethyl adjacent to an activating group) is 1. The van der Waals surface area contributed by atoms with Crippen molar-refractivity contribution < 1.29 is 9.18 Å². The van der Waals surface area contributed by atoms with E-state index >= 15 is 0 Å². The van der Waals surface area contributed by atoms with E-state index in [9.17, 15) is 9.18 Å². The Labute approximate surface area is 119 Å². The predicted molar refractivity (Wildman–Crippen MR) is 79.5 cm³/mol. The highest BCUT2D eigenvalue weighted by Gasteiger charge is 2.18. The fraction of sp³-hybridized carbons (Fsp3) is 0.533.